The Labute approximate surface area is 125 Å². The van der Waals surface area contributed by atoms with Crippen molar-refractivity contribution >= 4 is 33.0 Å². The van der Waals surface area contributed by atoms with Crippen LogP contribution in [0, 0.1) is 13.8 Å². The molecule has 0 radical (unpaired) electrons. The van der Waals surface area contributed by atoms with Gasteiger partial charge in [-0.3, -0.25) is 4.72 Å². The quantitative estimate of drug-likeness (QED) is 0.749. The zero-order valence-corrected chi connectivity index (χ0v) is 12.9. The monoisotopic (exact) mass is 327 g/mol. The molecule has 112 valence electrons. The molecule has 0 amide bonds. The summed E-state index contributed by atoms with van der Waals surface area (Å²) in [6.45, 7) is 3.47. The van der Waals surface area contributed by atoms with Gasteiger partial charge < -0.3 is 10.2 Å². The number of aromatic carboxylic acids is 1. The van der Waals surface area contributed by atoms with E-state index in [4.69, 9.17) is 5.11 Å². The predicted molar refractivity (Wildman–Crippen MR) is 79.7 cm³/mol. The number of carboxylic acids is 1. The van der Waals surface area contributed by atoms with Gasteiger partial charge in [0.15, 0.2) is 5.75 Å². The van der Waals surface area contributed by atoms with E-state index in [9.17, 15) is 18.3 Å². The summed E-state index contributed by atoms with van der Waals surface area (Å²) in [7, 11) is -3.88. The summed E-state index contributed by atoms with van der Waals surface area (Å²) in [6, 6.07) is 5.37. The number of phenols is 1. The first kappa shape index (κ1) is 15.3. The van der Waals surface area contributed by atoms with Gasteiger partial charge in [0, 0.05) is 9.75 Å². The minimum Gasteiger partial charge on any atom is -0.505 e. The lowest BCUT2D eigenvalue weighted by Crippen LogP contribution is -2.14. The Kier molecular flexibility index (Phi) is 3.93. The Morgan fingerprint density at radius 3 is 2.48 bits per heavy atom. The van der Waals surface area contributed by atoms with Gasteiger partial charge in [-0.2, -0.15) is 0 Å². The number of para-hydroxylation sites is 1. The second-order valence-corrected chi connectivity index (χ2v) is 7.50. The number of anilines is 1. The highest BCUT2D eigenvalue weighted by molar-refractivity contribution is 7.93. The van der Waals surface area contributed by atoms with Crippen LogP contribution in [0.3, 0.4) is 0 Å². The average molecular weight is 327 g/mol. The Hall–Kier alpha value is -2.06. The molecule has 0 bridgehead atoms. The van der Waals surface area contributed by atoms with Crippen molar-refractivity contribution in [3.63, 3.8) is 0 Å². The molecule has 0 aliphatic rings. The highest BCUT2D eigenvalue weighted by Crippen LogP contribution is 2.31. The Balaban J connectivity index is 2.45. The first-order valence-electron chi connectivity index (χ1n) is 5.87. The van der Waals surface area contributed by atoms with Crippen molar-refractivity contribution in [2.45, 2.75) is 18.7 Å². The van der Waals surface area contributed by atoms with Gasteiger partial charge in [-0.25, -0.2) is 13.2 Å². The molecule has 0 aliphatic carbocycles. The second-order valence-electron chi connectivity index (χ2n) is 4.39. The Morgan fingerprint density at radius 1 is 1.29 bits per heavy atom. The maximum Gasteiger partial charge on any atom is 0.339 e. The number of sulfonamides is 1. The standard InChI is InChI=1S/C13H13NO5S2/c1-7-6-11(8(2)20-7)21(18,19)14-10-5-3-4-9(12(10)15)13(16)17/h3-6,14-15H,1-2H3,(H,16,17). The molecule has 0 saturated carbocycles. The van der Waals surface area contributed by atoms with E-state index in [0.29, 0.717) is 4.88 Å². The highest BCUT2D eigenvalue weighted by atomic mass is 32.2. The number of rotatable bonds is 4. The minimum absolute atomic E-state index is 0.116. The van der Waals surface area contributed by atoms with Crippen molar-refractivity contribution in [2.24, 2.45) is 0 Å². The summed E-state index contributed by atoms with van der Waals surface area (Å²) in [6.07, 6.45) is 0. The van der Waals surface area contributed by atoms with E-state index in [0.717, 1.165) is 4.88 Å². The lowest BCUT2D eigenvalue weighted by atomic mass is 10.2. The molecule has 1 heterocycles. The lowest BCUT2D eigenvalue weighted by molar-refractivity contribution is 0.0694. The van der Waals surface area contributed by atoms with Gasteiger partial charge >= 0.3 is 5.97 Å². The number of aryl methyl sites for hydroxylation is 2. The molecule has 0 atom stereocenters. The van der Waals surface area contributed by atoms with E-state index >= 15 is 0 Å². The summed E-state index contributed by atoms with van der Waals surface area (Å²) in [5.74, 6) is -1.95. The van der Waals surface area contributed by atoms with Gasteiger partial charge in [-0.1, -0.05) is 6.07 Å². The fraction of sp³-hybridized carbons (Fsp3) is 0.154. The van der Waals surface area contributed by atoms with Crippen LogP contribution >= 0.6 is 11.3 Å². The predicted octanol–water partition coefficient (Wildman–Crippen LogP) is 2.57. The zero-order valence-electron chi connectivity index (χ0n) is 11.2. The molecule has 1 aromatic heterocycles. The fourth-order valence-electron chi connectivity index (χ4n) is 1.87. The molecule has 6 nitrogen and oxygen atoms in total. The molecule has 0 aliphatic heterocycles. The molecule has 0 saturated heterocycles. The van der Waals surface area contributed by atoms with Crippen LogP contribution in [-0.2, 0) is 10.0 Å². The van der Waals surface area contributed by atoms with Gasteiger partial charge in [0.25, 0.3) is 10.0 Å². The third-order valence-corrected chi connectivity index (χ3v) is 5.38. The van der Waals surface area contributed by atoms with Crippen LogP contribution in [0.1, 0.15) is 20.1 Å². The molecule has 2 rings (SSSR count). The van der Waals surface area contributed by atoms with Crippen molar-refractivity contribution < 1.29 is 23.4 Å². The topological polar surface area (TPSA) is 104 Å². The average Bonchev–Trinajstić information content (AvgIpc) is 2.71. The van der Waals surface area contributed by atoms with Crippen LogP contribution in [-0.4, -0.2) is 24.6 Å². The maximum atomic E-state index is 12.3. The van der Waals surface area contributed by atoms with Gasteiger partial charge in [-0.15, -0.1) is 11.3 Å². The fourth-order valence-corrected chi connectivity index (χ4v) is 4.49. The summed E-state index contributed by atoms with van der Waals surface area (Å²) >= 11 is 1.34. The SMILES string of the molecule is Cc1cc(S(=O)(=O)Nc2cccc(C(=O)O)c2O)c(C)s1. The van der Waals surface area contributed by atoms with E-state index in [1.54, 1.807) is 13.8 Å². The minimum atomic E-state index is -3.88. The zero-order chi connectivity index (χ0) is 15.8. The van der Waals surface area contributed by atoms with E-state index in [1.165, 1.54) is 35.6 Å². The number of carbonyl (C=O) groups is 1. The number of carboxylic acid groups (broad SMARTS) is 1. The van der Waals surface area contributed by atoms with Crippen LogP contribution in [0.15, 0.2) is 29.2 Å². The number of thiophene rings is 1. The lowest BCUT2D eigenvalue weighted by Gasteiger charge is -2.10. The molecule has 1 aromatic carbocycles. The molecule has 0 fully saturated rings. The number of benzene rings is 1. The molecule has 21 heavy (non-hydrogen) atoms. The van der Waals surface area contributed by atoms with E-state index in [1.807, 2.05) is 0 Å². The normalized spacial score (nSPS) is 11.3. The van der Waals surface area contributed by atoms with Gasteiger partial charge in [0.2, 0.25) is 0 Å². The van der Waals surface area contributed by atoms with Crippen molar-refractivity contribution in [3.05, 3.63) is 39.6 Å². The van der Waals surface area contributed by atoms with Crippen LogP contribution in [0.2, 0.25) is 0 Å². The van der Waals surface area contributed by atoms with Crippen molar-refractivity contribution in [1.82, 2.24) is 0 Å². The number of hydrogen-bond donors (Lipinski definition) is 3. The molecule has 0 unspecified atom stereocenters. The van der Waals surface area contributed by atoms with Gasteiger partial charge in [0.05, 0.1) is 5.69 Å². The summed E-state index contributed by atoms with van der Waals surface area (Å²) < 4.78 is 26.8. The first-order valence-corrected chi connectivity index (χ1v) is 8.17. The molecular weight excluding hydrogens is 314 g/mol. The van der Waals surface area contributed by atoms with E-state index < -0.39 is 21.7 Å². The Bertz CT molecular complexity index is 808. The smallest absolute Gasteiger partial charge is 0.339 e. The van der Waals surface area contributed by atoms with Gasteiger partial charge in [0.1, 0.15) is 10.5 Å². The molecule has 3 N–H and O–H groups in total. The second kappa shape index (κ2) is 5.38. The molecule has 2 aromatic rings. The summed E-state index contributed by atoms with van der Waals surface area (Å²) in [5.41, 5.74) is -0.536. The number of hydrogen-bond acceptors (Lipinski definition) is 5. The van der Waals surface area contributed by atoms with Crippen molar-refractivity contribution in [1.29, 1.82) is 0 Å². The van der Waals surface area contributed by atoms with Crippen LogP contribution < -0.4 is 4.72 Å². The third-order valence-electron chi connectivity index (χ3n) is 2.80. The summed E-state index contributed by atoms with van der Waals surface area (Å²) in [5, 5.41) is 18.8. The van der Waals surface area contributed by atoms with Crippen LogP contribution in [0.5, 0.6) is 5.75 Å². The number of nitrogens with one attached hydrogen (secondary N) is 1. The maximum absolute atomic E-state index is 12.3. The summed E-state index contributed by atoms with van der Waals surface area (Å²) in [4.78, 5) is 12.5. The first-order chi connectivity index (χ1) is 9.72. The van der Waals surface area contributed by atoms with E-state index in [2.05, 4.69) is 4.72 Å². The van der Waals surface area contributed by atoms with Crippen LogP contribution in [0.4, 0.5) is 5.69 Å². The Morgan fingerprint density at radius 2 is 1.95 bits per heavy atom. The van der Waals surface area contributed by atoms with Crippen molar-refractivity contribution in [2.75, 3.05) is 4.72 Å². The van der Waals surface area contributed by atoms with Crippen molar-refractivity contribution in [3.8, 4) is 5.75 Å². The van der Waals surface area contributed by atoms with Crippen LogP contribution in [0.25, 0.3) is 0 Å². The molecule has 0 spiro atoms. The highest BCUT2D eigenvalue weighted by Gasteiger charge is 2.22. The third kappa shape index (κ3) is 3.01. The number of aromatic hydroxyl groups is 1. The van der Waals surface area contributed by atoms with E-state index in [-0.39, 0.29) is 16.1 Å². The molecular formula is C13H13NO5S2. The molecule has 8 heteroatoms. The largest absolute Gasteiger partial charge is 0.505 e. The van der Waals surface area contributed by atoms with Gasteiger partial charge in [-0.05, 0) is 32.0 Å².